The second-order valence-electron chi connectivity index (χ2n) is 6.49. The largest absolute Gasteiger partial charge is 0.454 e. The van der Waals surface area contributed by atoms with E-state index in [2.05, 4.69) is 5.32 Å². The molecule has 8 nitrogen and oxygen atoms in total. The number of rotatable bonds is 4. The van der Waals surface area contributed by atoms with Gasteiger partial charge >= 0.3 is 0 Å². The SMILES string of the molecule is NC(=O)c1ccc(NC(=O)C2CC(=O)N(c3ccc4c(c3)OCO4)C2)cc1Cl. The first-order valence-electron chi connectivity index (χ1n) is 8.52. The van der Waals surface area contributed by atoms with Crippen LogP contribution in [0, 0.1) is 5.92 Å². The molecular formula is C19H16ClN3O5. The lowest BCUT2D eigenvalue weighted by Crippen LogP contribution is -2.28. The number of halogens is 1. The summed E-state index contributed by atoms with van der Waals surface area (Å²) in [6, 6.07) is 9.65. The zero-order valence-corrected chi connectivity index (χ0v) is 15.4. The molecule has 0 bridgehead atoms. The zero-order chi connectivity index (χ0) is 19.8. The molecule has 2 aromatic carbocycles. The molecule has 0 spiro atoms. The van der Waals surface area contributed by atoms with Crippen molar-refractivity contribution in [1.29, 1.82) is 0 Å². The maximum absolute atomic E-state index is 12.6. The van der Waals surface area contributed by atoms with Gasteiger partial charge in [-0.1, -0.05) is 11.6 Å². The maximum Gasteiger partial charge on any atom is 0.250 e. The molecule has 2 aliphatic rings. The quantitative estimate of drug-likeness (QED) is 0.815. The molecule has 1 fully saturated rings. The van der Waals surface area contributed by atoms with Crippen LogP contribution in [0.3, 0.4) is 0 Å². The third-order valence-electron chi connectivity index (χ3n) is 4.67. The van der Waals surface area contributed by atoms with Crippen LogP contribution in [0.25, 0.3) is 0 Å². The Labute approximate surface area is 165 Å². The van der Waals surface area contributed by atoms with Gasteiger partial charge in [0.2, 0.25) is 24.5 Å². The highest BCUT2D eigenvalue weighted by Gasteiger charge is 2.35. The summed E-state index contributed by atoms with van der Waals surface area (Å²) in [5, 5.41) is 2.87. The monoisotopic (exact) mass is 401 g/mol. The van der Waals surface area contributed by atoms with Gasteiger partial charge in [0, 0.05) is 30.4 Å². The number of nitrogens with one attached hydrogen (secondary N) is 1. The van der Waals surface area contributed by atoms with Crippen LogP contribution in [0.5, 0.6) is 11.5 Å². The van der Waals surface area contributed by atoms with E-state index in [0.29, 0.717) is 22.9 Å². The first-order chi connectivity index (χ1) is 13.4. The Balaban J connectivity index is 1.46. The van der Waals surface area contributed by atoms with Crippen molar-refractivity contribution in [2.45, 2.75) is 6.42 Å². The zero-order valence-electron chi connectivity index (χ0n) is 14.6. The highest BCUT2D eigenvalue weighted by molar-refractivity contribution is 6.34. The molecule has 4 rings (SSSR count). The minimum atomic E-state index is -0.649. The summed E-state index contributed by atoms with van der Waals surface area (Å²) in [4.78, 5) is 37.8. The van der Waals surface area contributed by atoms with Gasteiger partial charge in [-0.05, 0) is 30.3 Å². The van der Waals surface area contributed by atoms with Gasteiger partial charge in [-0.2, -0.15) is 0 Å². The Morgan fingerprint density at radius 2 is 1.93 bits per heavy atom. The first-order valence-corrected chi connectivity index (χ1v) is 8.90. The summed E-state index contributed by atoms with van der Waals surface area (Å²) in [6.07, 6.45) is 0.0907. The molecule has 1 atom stereocenters. The molecule has 1 saturated heterocycles. The van der Waals surface area contributed by atoms with Crippen molar-refractivity contribution in [1.82, 2.24) is 0 Å². The van der Waals surface area contributed by atoms with Crippen LogP contribution in [0.15, 0.2) is 36.4 Å². The van der Waals surface area contributed by atoms with Crippen molar-refractivity contribution in [2.24, 2.45) is 11.7 Å². The van der Waals surface area contributed by atoms with Gasteiger partial charge in [-0.25, -0.2) is 0 Å². The Hall–Kier alpha value is -3.26. The van der Waals surface area contributed by atoms with Crippen LogP contribution in [-0.2, 0) is 9.59 Å². The molecule has 2 heterocycles. The number of carbonyl (C=O) groups excluding carboxylic acids is 3. The number of nitrogens with zero attached hydrogens (tertiary/aromatic N) is 1. The lowest BCUT2D eigenvalue weighted by Gasteiger charge is -2.17. The van der Waals surface area contributed by atoms with Gasteiger partial charge in [-0.3, -0.25) is 14.4 Å². The van der Waals surface area contributed by atoms with Crippen LogP contribution >= 0.6 is 11.6 Å². The molecule has 3 N–H and O–H groups in total. The van der Waals surface area contributed by atoms with Crippen LogP contribution in [0.4, 0.5) is 11.4 Å². The number of fused-ring (bicyclic) bond motifs is 1. The van der Waals surface area contributed by atoms with E-state index >= 15 is 0 Å². The van der Waals surface area contributed by atoms with Gasteiger partial charge < -0.3 is 25.4 Å². The number of hydrogen-bond acceptors (Lipinski definition) is 5. The number of anilines is 2. The van der Waals surface area contributed by atoms with Gasteiger partial charge in [-0.15, -0.1) is 0 Å². The fourth-order valence-corrected chi connectivity index (χ4v) is 3.50. The van der Waals surface area contributed by atoms with Crippen molar-refractivity contribution < 1.29 is 23.9 Å². The molecule has 144 valence electrons. The summed E-state index contributed by atoms with van der Waals surface area (Å²) in [6.45, 7) is 0.395. The van der Waals surface area contributed by atoms with Crippen LogP contribution < -0.4 is 25.4 Å². The van der Waals surface area contributed by atoms with Crippen LogP contribution in [-0.4, -0.2) is 31.1 Å². The van der Waals surface area contributed by atoms with Crippen molar-refractivity contribution in [2.75, 3.05) is 23.6 Å². The van der Waals surface area contributed by atoms with Gasteiger partial charge in [0.05, 0.1) is 16.5 Å². The first kappa shape index (κ1) is 18.1. The highest BCUT2D eigenvalue weighted by Crippen LogP contribution is 2.37. The minimum Gasteiger partial charge on any atom is -0.454 e. The third-order valence-corrected chi connectivity index (χ3v) is 4.98. The van der Waals surface area contributed by atoms with Gasteiger partial charge in [0.15, 0.2) is 11.5 Å². The molecular weight excluding hydrogens is 386 g/mol. The summed E-state index contributed by atoms with van der Waals surface area (Å²) >= 11 is 6.00. The number of benzene rings is 2. The van der Waals surface area contributed by atoms with E-state index in [9.17, 15) is 14.4 Å². The number of carbonyl (C=O) groups is 3. The second-order valence-corrected chi connectivity index (χ2v) is 6.90. The van der Waals surface area contributed by atoms with E-state index in [0.717, 1.165) is 0 Å². The smallest absolute Gasteiger partial charge is 0.250 e. The molecule has 1 unspecified atom stereocenters. The van der Waals surface area contributed by atoms with Gasteiger partial charge in [0.25, 0.3) is 0 Å². The molecule has 0 radical (unpaired) electrons. The molecule has 9 heteroatoms. The Kier molecular flexibility index (Phi) is 4.56. The molecule has 0 aliphatic carbocycles. The van der Waals surface area contributed by atoms with E-state index in [1.165, 1.54) is 18.2 Å². The predicted octanol–water partition coefficient (Wildman–Crippen LogP) is 2.16. The number of hydrogen-bond donors (Lipinski definition) is 2. The average Bonchev–Trinajstić information content (AvgIpc) is 3.27. The standard InChI is InChI=1S/C19H16ClN3O5/c20-14-6-11(1-3-13(14)18(21)25)22-19(26)10-5-17(24)23(8-10)12-2-4-15-16(7-12)28-9-27-15/h1-4,6-7,10H,5,8-9H2,(H2,21,25)(H,22,26). The van der Waals surface area contributed by atoms with E-state index in [-0.39, 0.29) is 42.2 Å². The van der Waals surface area contributed by atoms with E-state index in [1.54, 1.807) is 23.1 Å². The van der Waals surface area contributed by atoms with Crippen molar-refractivity contribution in [3.63, 3.8) is 0 Å². The van der Waals surface area contributed by atoms with Crippen molar-refractivity contribution in [3.8, 4) is 11.5 Å². The summed E-state index contributed by atoms with van der Waals surface area (Å²) < 4.78 is 10.6. The number of ether oxygens (including phenoxy) is 2. The van der Waals surface area contributed by atoms with Crippen LogP contribution in [0.1, 0.15) is 16.8 Å². The lowest BCUT2D eigenvalue weighted by molar-refractivity contribution is -0.122. The topological polar surface area (TPSA) is 111 Å². The Bertz CT molecular complexity index is 994. The lowest BCUT2D eigenvalue weighted by atomic mass is 10.1. The Morgan fingerprint density at radius 3 is 2.68 bits per heavy atom. The summed E-state index contributed by atoms with van der Waals surface area (Å²) in [7, 11) is 0. The third kappa shape index (κ3) is 3.34. The highest BCUT2D eigenvalue weighted by atomic mass is 35.5. The number of amides is 3. The minimum absolute atomic E-state index is 0.0907. The maximum atomic E-state index is 12.6. The average molecular weight is 402 g/mol. The summed E-state index contributed by atoms with van der Waals surface area (Å²) in [5.74, 6) is -0.430. The molecule has 0 saturated carbocycles. The second kappa shape index (κ2) is 7.05. The van der Waals surface area contributed by atoms with Gasteiger partial charge in [0.1, 0.15) is 0 Å². The fraction of sp³-hybridized carbons (Fsp3) is 0.211. The molecule has 28 heavy (non-hydrogen) atoms. The normalized spacial score (nSPS) is 17.7. The Morgan fingerprint density at radius 1 is 1.14 bits per heavy atom. The predicted molar refractivity (Wildman–Crippen MR) is 102 cm³/mol. The molecule has 3 amide bonds. The van der Waals surface area contributed by atoms with E-state index in [1.807, 2.05) is 0 Å². The number of primary amides is 1. The molecule has 2 aromatic rings. The number of nitrogens with two attached hydrogens (primary N) is 1. The summed E-state index contributed by atoms with van der Waals surface area (Å²) in [5.41, 5.74) is 6.46. The van der Waals surface area contributed by atoms with Crippen molar-refractivity contribution >= 4 is 40.7 Å². The van der Waals surface area contributed by atoms with Crippen molar-refractivity contribution in [3.05, 3.63) is 47.0 Å². The van der Waals surface area contributed by atoms with E-state index < -0.39 is 11.8 Å². The molecule has 2 aliphatic heterocycles. The fourth-order valence-electron chi connectivity index (χ4n) is 3.22. The van der Waals surface area contributed by atoms with Crippen LogP contribution in [0.2, 0.25) is 5.02 Å². The van der Waals surface area contributed by atoms with E-state index in [4.69, 9.17) is 26.8 Å². The molecule has 0 aromatic heterocycles.